The molecule has 8 nitrogen and oxygen atoms in total. The first kappa shape index (κ1) is 20.6. The Morgan fingerprint density at radius 1 is 1.00 bits per heavy atom. The summed E-state index contributed by atoms with van der Waals surface area (Å²) in [7, 11) is 4.80. The van der Waals surface area contributed by atoms with E-state index in [4.69, 9.17) is 14.2 Å². The van der Waals surface area contributed by atoms with Gasteiger partial charge >= 0.3 is 0 Å². The van der Waals surface area contributed by atoms with Gasteiger partial charge in [0.05, 0.1) is 27.0 Å². The monoisotopic (exact) mass is 398 g/mol. The standard InChI is InChI=1S/C21H26N4O4/c1-13(15-7-10-19(28-3)20(11-15)29-4)22-25-21(26)18-12-17(23-24-18)14-5-8-16(27-2)9-6-14/h5-11,17-18,23-24H,12H2,1-4H3,(H,25,26)/b22-13-. The minimum atomic E-state index is -0.385. The Kier molecular flexibility index (Phi) is 6.69. The van der Waals surface area contributed by atoms with Crippen molar-refractivity contribution in [3.63, 3.8) is 0 Å². The van der Waals surface area contributed by atoms with E-state index >= 15 is 0 Å². The number of amides is 1. The molecule has 1 aliphatic heterocycles. The molecule has 154 valence electrons. The maximum Gasteiger partial charge on any atom is 0.258 e. The summed E-state index contributed by atoms with van der Waals surface area (Å²) in [6.07, 6.45) is 0.614. The van der Waals surface area contributed by atoms with Crippen LogP contribution in [0, 0.1) is 0 Å². The van der Waals surface area contributed by atoms with Crippen LogP contribution in [-0.2, 0) is 4.79 Å². The van der Waals surface area contributed by atoms with Crippen LogP contribution in [0.4, 0.5) is 0 Å². The van der Waals surface area contributed by atoms with Gasteiger partial charge in [0.15, 0.2) is 11.5 Å². The average molecular weight is 398 g/mol. The van der Waals surface area contributed by atoms with Crippen LogP contribution in [-0.4, -0.2) is 39.0 Å². The smallest absolute Gasteiger partial charge is 0.258 e. The normalized spacial score (nSPS) is 19.0. The zero-order valence-corrected chi connectivity index (χ0v) is 17.0. The van der Waals surface area contributed by atoms with Gasteiger partial charge in [0.2, 0.25) is 0 Å². The number of methoxy groups -OCH3 is 3. The molecule has 1 amide bonds. The molecular weight excluding hydrogens is 372 g/mol. The molecule has 2 atom stereocenters. The van der Waals surface area contributed by atoms with E-state index in [-0.39, 0.29) is 18.0 Å². The van der Waals surface area contributed by atoms with E-state index in [1.807, 2.05) is 43.3 Å². The summed E-state index contributed by atoms with van der Waals surface area (Å²) in [5, 5.41) is 4.23. The van der Waals surface area contributed by atoms with Crippen LogP contribution in [0.1, 0.15) is 30.5 Å². The highest BCUT2D eigenvalue weighted by atomic mass is 16.5. The summed E-state index contributed by atoms with van der Waals surface area (Å²) in [5.41, 5.74) is 11.4. The SMILES string of the molecule is COc1ccc(C2CC(C(=O)N/N=C(/C)c3ccc(OC)c(OC)c3)NN2)cc1. The summed E-state index contributed by atoms with van der Waals surface area (Å²) >= 11 is 0. The molecule has 2 unspecified atom stereocenters. The van der Waals surface area contributed by atoms with E-state index in [9.17, 15) is 4.79 Å². The molecule has 1 fully saturated rings. The van der Waals surface area contributed by atoms with E-state index in [0.717, 1.165) is 16.9 Å². The maximum atomic E-state index is 12.5. The number of ether oxygens (including phenoxy) is 3. The van der Waals surface area contributed by atoms with Crippen molar-refractivity contribution < 1.29 is 19.0 Å². The Labute approximate surface area is 170 Å². The van der Waals surface area contributed by atoms with Crippen LogP contribution in [0.2, 0.25) is 0 Å². The van der Waals surface area contributed by atoms with Crippen LogP contribution in [0.3, 0.4) is 0 Å². The van der Waals surface area contributed by atoms with Crippen LogP contribution in [0.5, 0.6) is 17.2 Å². The van der Waals surface area contributed by atoms with Crippen LogP contribution < -0.4 is 30.5 Å². The number of hydrogen-bond donors (Lipinski definition) is 3. The molecule has 3 N–H and O–H groups in total. The van der Waals surface area contributed by atoms with Crippen molar-refractivity contribution in [3.05, 3.63) is 53.6 Å². The zero-order chi connectivity index (χ0) is 20.8. The fourth-order valence-electron chi connectivity index (χ4n) is 3.13. The maximum absolute atomic E-state index is 12.5. The van der Waals surface area contributed by atoms with E-state index in [2.05, 4.69) is 21.4 Å². The molecular formula is C21H26N4O4. The largest absolute Gasteiger partial charge is 0.497 e. The van der Waals surface area contributed by atoms with Gasteiger partial charge in [0, 0.05) is 11.6 Å². The highest BCUT2D eigenvalue weighted by Gasteiger charge is 2.30. The third kappa shape index (κ3) is 4.85. The van der Waals surface area contributed by atoms with Crippen molar-refractivity contribution >= 4 is 11.6 Å². The Morgan fingerprint density at radius 2 is 1.72 bits per heavy atom. The molecule has 8 heteroatoms. The molecule has 2 aromatic carbocycles. The van der Waals surface area contributed by atoms with Crippen molar-refractivity contribution in [1.29, 1.82) is 0 Å². The van der Waals surface area contributed by atoms with Gasteiger partial charge in [-0.2, -0.15) is 5.10 Å². The van der Waals surface area contributed by atoms with Gasteiger partial charge in [-0.1, -0.05) is 12.1 Å². The fraction of sp³-hybridized carbons (Fsp3) is 0.333. The summed E-state index contributed by atoms with van der Waals surface area (Å²) in [4.78, 5) is 12.5. The fourth-order valence-corrected chi connectivity index (χ4v) is 3.13. The summed E-state index contributed by atoms with van der Waals surface area (Å²) < 4.78 is 15.7. The number of rotatable bonds is 7. The van der Waals surface area contributed by atoms with Gasteiger partial charge in [-0.3, -0.25) is 4.79 Å². The van der Waals surface area contributed by atoms with Crippen molar-refractivity contribution in [3.8, 4) is 17.2 Å². The molecule has 29 heavy (non-hydrogen) atoms. The molecule has 0 aliphatic carbocycles. The quantitative estimate of drug-likeness (QED) is 0.489. The predicted molar refractivity (Wildman–Crippen MR) is 110 cm³/mol. The van der Waals surface area contributed by atoms with Crippen LogP contribution in [0.25, 0.3) is 0 Å². The van der Waals surface area contributed by atoms with E-state index in [1.165, 1.54) is 0 Å². The Bertz CT molecular complexity index is 883. The second-order valence-electron chi connectivity index (χ2n) is 6.65. The third-order valence-corrected chi connectivity index (χ3v) is 4.87. The Balaban J connectivity index is 1.60. The van der Waals surface area contributed by atoms with Gasteiger partial charge in [0.1, 0.15) is 11.8 Å². The number of nitrogens with one attached hydrogen (secondary N) is 3. The van der Waals surface area contributed by atoms with E-state index < -0.39 is 0 Å². The molecule has 0 radical (unpaired) electrons. The minimum Gasteiger partial charge on any atom is -0.497 e. The summed E-state index contributed by atoms with van der Waals surface area (Å²) in [6.45, 7) is 1.82. The molecule has 0 saturated carbocycles. The highest BCUT2D eigenvalue weighted by molar-refractivity contribution is 6.00. The zero-order valence-electron chi connectivity index (χ0n) is 17.0. The second-order valence-corrected chi connectivity index (χ2v) is 6.65. The third-order valence-electron chi connectivity index (χ3n) is 4.87. The number of hydrazone groups is 1. The van der Waals surface area contributed by atoms with Gasteiger partial charge in [0.25, 0.3) is 5.91 Å². The first-order chi connectivity index (χ1) is 14.0. The number of hydrogen-bond acceptors (Lipinski definition) is 7. The average Bonchev–Trinajstić information content (AvgIpc) is 3.27. The first-order valence-corrected chi connectivity index (χ1v) is 9.27. The lowest BCUT2D eigenvalue weighted by Gasteiger charge is -2.11. The predicted octanol–water partition coefficient (Wildman–Crippen LogP) is 2.16. The van der Waals surface area contributed by atoms with Gasteiger partial charge in [-0.05, 0) is 49.2 Å². The topological polar surface area (TPSA) is 93.2 Å². The van der Waals surface area contributed by atoms with Crippen molar-refractivity contribution in [2.24, 2.45) is 5.10 Å². The minimum absolute atomic E-state index is 0.0348. The number of hydrazine groups is 1. The molecule has 3 rings (SSSR count). The van der Waals surface area contributed by atoms with Crippen molar-refractivity contribution in [2.75, 3.05) is 21.3 Å². The van der Waals surface area contributed by atoms with E-state index in [1.54, 1.807) is 27.4 Å². The lowest BCUT2D eigenvalue weighted by atomic mass is 10.0. The Hall–Kier alpha value is -3.10. The summed E-state index contributed by atoms with van der Waals surface area (Å²) in [6, 6.07) is 12.9. The van der Waals surface area contributed by atoms with Crippen molar-refractivity contribution in [2.45, 2.75) is 25.4 Å². The van der Waals surface area contributed by atoms with Crippen LogP contribution >= 0.6 is 0 Å². The molecule has 0 bridgehead atoms. The summed E-state index contributed by atoms with van der Waals surface area (Å²) in [5.74, 6) is 1.84. The molecule has 2 aromatic rings. The molecule has 0 aromatic heterocycles. The molecule has 1 heterocycles. The number of carbonyl (C=O) groups is 1. The second kappa shape index (κ2) is 9.40. The molecule has 0 spiro atoms. The van der Waals surface area contributed by atoms with Crippen molar-refractivity contribution in [1.82, 2.24) is 16.3 Å². The Morgan fingerprint density at radius 3 is 2.38 bits per heavy atom. The van der Waals surface area contributed by atoms with Crippen LogP contribution in [0.15, 0.2) is 47.6 Å². The number of carbonyl (C=O) groups excluding carboxylic acids is 1. The number of benzene rings is 2. The lowest BCUT2D eigenvalue weighted by molar-refractivity contribution is -0.122. The van der Waals surface area contributed by atoms with Gasteiger partial charge in [-0.25, -0.2) is 16.3 Å². The molecule has 1 aliphatic rings. The number of nitrogens with zero attached hydrogens (tertiary/aromatic N) is 1. The van der Waals surface area contributed by atoms with Gasteiger partial charge in [-0.15, -0.1) is 0 Å². The van der Waals surface area contributed by atoms with E-state index in [0.29, 0.717) is 23.6 Å². The van der Waals surface area contributed by atoms with Gasteiger partial charge < -0.3 is 14.2 Å². The lowest BCUT2D eigenvalue weighted by Crippen LogP contribution is -2.41. The first-order valence-electron chi connectivity index (χ1n) is 9.27. The molecule has 1 saturated heterocycles. The highest BCUT2D eigenvalue weighted by Crippen LogP contribution is 2.28.